The first-order valence-corrected chi connectivity index (χ1v) is 9.59. The van der Waals surface area contributed by atoms with Crippen LogP contribution in [0.25, 0.3) is 15.6 Å². The third-order valence-electron chi connectivity index (χ3n) is 4.42. The van der Waals surface area contributed by atoms with Crippen molar-refractivity contribution in [3.63, 3.8) is 0 Å². The Hall–Kier alpha value is -2.82. The van der Waals surface area contributed by atoms with Gasteiger partial charge in [-0.2, -0.15) is 0 Å². The van der Waals surface area contributed by atoms with Crippen LogP contribution in [0.3, 0.4) is 0 Å². The maximum atomic E-state index is 13.4. The number of hydrogen-bond acceptors (Lipinski definition) is 3. The monoisotopic (exact) mass is 386 g/mol. The van der Waals surface area contributed by atoms with E-state index in [2.05, 4.69) is 4.85 Å². The van der Waals surface area contributed by atoms with E-state index in [1.165, 1.54) is 28.8 Å². The van der Waals surface area contributed by atoms with Crippen LogP contribution in [-0.2, 0) is 16.4 Å². The van der Waals surface area contributed by atoms with Gasteiger partial charge in [-0.3, -0.25) is 9.51 Å². The van der Waals surface area contributed by atoms with Crippen LogP contribution in [0.15, 0.2) is 53.7 Å². The fraction of sp³-hybridized carbons (Fsp3) is 0.111. The molecule has 3 aromatic rings. The highest BCUT2D eigenvalue weighted by molar-refractivity contribution is 7.93. The largest absolute Gasteiger partial charge is 0.285 e. The minimum absolute atomic E-state index is 0.0710. The van der Waals surface area contributed by atoms with Crippen LogP contribution in [0.5, 0.6) is 0 Å². The van der Waals surface area contributed by atoms with Crippen molar-refractivity contribution in [1.29, 1.82) is 0 Å². The number of anilines is 1. The van der Waals surface area contributed by atoms with Gasteiger partial charge in [-0.25, -0.2) is 13.3 Å². The van der Waals surface area contributed by atoms with Crippen LogP contribution in [0.1, 0.15) is 5.56 Å². The molecule has 1 N–H and O–H groups in total. The Morgan fingerprint density at radius 2 is 2.04 bits per heavy atom. The third kappa shape index (κ3) is 2.55. The van der Waals surface area contributed by atoms with Crippen LogP contribution in [0.2, 0.25) is 5.02 Å². The van der Waals surface area contributed by atoms with Gasteiger partial charge in [-0.05, 0) is 30.2 Å². The van der Waals surface area contributed by atoms with Crippen molar-refractivity contribution >= 4 is 43.8 Å². The van der Waals surface area contributed by atoms with Crippen molar-refractivity contribution < 1.29 is 18.4 Å². The van der Waals surface area contributed by atoms with Crippen LogP contribution in [-0.4, -0.2) is 20.2 Å². The molecule has 1 aromatic heterocycles. The molecule has 4 rings (SSSR count). The molecule has 130 valence electrons. The molecule has 0 saturated heterocycles. The summed E-state index contributed by atoms with van der Waals surface area (Å²) in [7, 11) is -3.88. The smallest absolute Gasteiger partial charge is 0.264 e. The number of fused-ring (bicyclic) bond motifs is 2. The summed E-state index contributed by atoms with van der Waals surface area (Å²) < 4.78 is 28.9. The van der Waals surface area contributed by atoms with Gasteiger partial charge in [-0.15, -0.1) is 0 Å². The summed E-state index contributed by atoms with van der Waals surface area (Å²) in [4.78, 5) is 3.46. The van der Waals surface area contributed by atoms with E-state index in [4.69, 9.17) is 18.2 Å². The number of halogens is 1. The Bertz CT molecular complexity index is 1200. The fourth-order valence-corrected chi connectivity index (χ4v) is 5.25. The first-order valence-electron chi connectivity index (χ1n) is 7.77. The van der Waals surface area contributed by atoms with Gasteiger partial charge in [-0.1, -0.05) is 23.7 Å². The predicted octanol–water partition coefficient (Wildman–Crippen LogP) is 3.32. The van der Waals surface area contributed by atoms with E-state index in [0.717, 1.165) is 10.3 Å². The minimum atomic E-state index is -3.88. The molecule has 1 aliphatic heterocycles. The van der Waals surface area contributed by atoms with E-state index in [9.17, 15) is 13.6 Å². The predicted molar refractivity (Wildman–Crippen MR) is 97.3 cm³/mol. The van der Waals surface area contributed by atoms with Gasteiger partial charge in [0.15, 0.2) is 5.69 Å². The standard InChI is InChI=1S/C18H13ClN3O3S/c1-20-15-3-2-12-4-7-22(17(12)10-15)26(24,25)18-9-14(19)8-13-11-21(23)6-5-16(13)18/h2-3,5-6,8-11,23H,4,7H2/q+1. The number of hydrogen-bond donors (Lipinski definition) is 1. The van der Waals surface area contributed by atoms with Crippen molar-refractivity contribution in [2.45, 2.75) is 11.3 Å². The summed E-state index contributed by atoms with van der Waals surface area (Å²) in [5.41, 5.74) is 1.81. The second-order valence-corrected chi connectivity index (χ2v) is 8.25. The molecule has 0 fully saturated rings. The molecule has 0 spiro atoms. The number of aromatic nitrogens is 1. The summed E-state index contributed by atoms with van der Waals surface area (Å²) in [6, 6.07) is 9.63. The first kappa shape index (κ1) is 16.6. The minimum Gasteiger partial charge on any atom is -0.285 e. The summed E-state index contributed by atoms with van der Waals surface area (Å²) in [6.07, 6.45) is 3.35. The zero-order chi connectivity index (χ0) is 18.5. The number of rotatable bonds is 2. The highest BCUT2D eigenvalue weighted by atomic mass is 35.5. The lowest BCUT2D eigenvalue weighted by Crippen LogP contribution is -2.30. The van der Waals surface area contributed by atoms with E-state index < -0.39 is 10.0 Å². The lowest BCUT2D eigenvalue weighted by Gasteiger charge is -2.21. The summed E-state index contributed by atoms with van der Waals surface area (Å²) in [5, 5.41) is 10.8. The highest BCUT2D eigenvalue weighted by Crippen LogP contribution is 2.38. The molecule has 26 heavy (non-hydrogen) atoms. The zero-order valence-corrected chi connectivity index (χ0v) is 15.0. The van der Waals surface area contributed by atoms with Crippen molar-refractivity contribution in [3.8, 4) is 0 Å². The average Bonchev–Trinajstić information content (AvgIpc) is 3.04. The Balaban J connectivity index is 1.93. The molecule has 0 aliphatic carbocycles. The van der Waals surface area contributed by atoms with E-state index in [1.54, 1.807) is 24.3 Å². The molecular weight excluding hydrogens is 374 g/mol. The molecule has 0 amide bonds. The maximum Gasteiger partial charge on any atom is 0.264 e. The number of pyridine rings is 1. The molecule has 6 nitrogen and oxygen atoms in total. The van der Waals surface area contributed by atoms with Crippen LogP contribution in [0.4, 0.5) is 11.4 Å². The number of benzene rings is 2. The number of sulfonamides is 1. The van der Waals surface area contributed by atoms with E-state index in [1.807, 2.05) is 0 Å². The molecule has 1 aliphatic rings. The molecule has 0 saturated carbocycles. The molecule has 0 radical (unpaired) electrons. The third-order valence-corrected chi connectivity index (χ3v) is 6.49. The second kappa shape index (κ2) is 5.87. The van der Waals surface area contributed by atoms with Gasteiger partial charge in [0.25, 0.3) is 10.0 Å². The summed E-state index contributed by atoms with van der Waals surface area (Å²) in [6.45, 7) is 7.47. The normalized spacial score (nSPS) is 13.6. The van der Waals surface area contributed by atoms with Crippen LogP contribution >= 0.6 is 11.6 Å². The first-order chi connectivity index (χ1) is 12.4. The average molecular weight is 387 g/mol. The molecule has 8 heteroatoms. The van der Waals surface area contributed by atoms with Crippen molar-refractivity contribution in [2.24, 2.45) is 0 Å². The Labute approximate surface area is 155 Å². The van der Waals surface area contributed by atoms with E-state index in [-0.39, 0.29) is 9.92 Å². The van der Waals surface area contributed by atoms with Crippen LogP contribution < -0.4 is 9.04 Å². The van der Waals surface area contributed by atoms with Crippen molar-refractivity contribution in [2.75, 3.05) is 10.8 Å². The quantitative estimate of drug-likeness (QED) is 0.417. The van der Waals surface area contributed by atoms with E-state index >= 15 is 0 Å². The zero-order valence-electron chi connectivity index (χ0n) is 13.4. The fourth-order valence-electron chi connectivity index (χ4n) is 3.22. The molecule has 2 aromatic carbocycles. The van der Waals surface area contributed by atoms with Gasteiger partial charge in [0.1, 0.15) is 0 Å². The topological polar surface area (TPSA) is 65.9 Å². The molecule has 2 heterocycles. The molecule has 0 atom stereocenters. The Kier molecular flexibility index (Phi) is 3.75. The summed E-state index contributed by atoms with van der Waals surface area (Å²) in [5.74, 6) is 0. The Morgan fingerprint density at radius 3 is 2.81 bits per heavy atom. The lowest BCUT2D eigenvalue weighted by atomic mass is 10.1. The maximum absolute atomic E-state index is 13.4. The molecular formula is C18H13ClN3O3S+. The number of nitrogens with zero attached hydrogens (tertiary/aromatic N) is 3. The van der Waals surface area contributed by atoms with Gasteiger partial charge in [0, 0.05) is 33.4 Å². The summed E-state index contributed by atoms with van der Waals surface area (Å²) >= 11 is 6.12. The SMILES string of the molecule is [C-]#[N+]c1ccc2c(c1)N(S(=O)(=O)c1cc(Cl)cc3c[n+](O)ccc13)CC2. The highest BCUT2D eigenvalue weighted by Gasteiger charge is 2.32. The van der Waals surface area contributed by atoms with Crippen molar-refractivity contribution in [3.05, 3.63) is 70.8 Å². The van der Waals surface area contributed by atoms with E-state index in [0.29, 0.717) is 35.1 Å². The lowest BCUT2D eigenvalue weighted by molar-refractivity contribution is -0.903. The van der Waals surface area contributed by atoms with Gasteiger partial charge in [0.05, 0.1) is 16.9 Å². The van der Waals surface area contributed by atoms with Crippen LogP contribution in [0, 0.1) is 6.57 Å². The Morgan fingerprint density at radius 1 is 1.23 bits per heavy atom. The molecule has 0 unspecified atom stereocenters. The van der Waals surface area contributed by atoms with Gasteiger partial charge >= 0.3 is 0 Å². The van der Waals surface area contributed by atoms with Crippen molar-refractivity contribution in [1.82, 2.24) is 0 Å². The second-order valence-electron chi connectivity index (χ2n) is 5.98. The van der Waals surface area contributed by atoms with Gasteiger partial charge in [0.2, 0.25) is 12.4 Å². The molecule has 0 bridgehead atoms. The van der Waals surface area contributed by atoms with Gasteiger partial charge < -0.3 is 0 Å².